The predicted molar refractivity (Wildman–Crippen MR) is 42.3 cm³/mol. The first-order valence-electron chi connectivity index (χ1n) is 3.76. The van der Waals surface area contributed by atoms with Gasteiger partial charge in [-0.05, 0) is 19.6 Å². The molecule has 0 fully saturated rings. The minimum Gasteiger partial charge on any atom is -0.339 e. The predicted octanol–water partition coefficient (Wildman–Crippen LogP) is -1.20. The van der Waals surface area contributed by atoms with Gasteiger partial charge in [-0.2, -0.15) is 5.92 Å². The molecule has 10 heavy (non-hydrogen) atoms. The number of hydrogen-bond acceptors (Lipinski definition) is 1. The van der Waals surface area contributed by atoms with Crippen molar-refractivity contribution in [3.8, 4) is 0 Å². The largest absolute Gasteiger partial charge is 1.00 e. The molecule has 1 atom stereocenters. The monoisotopic (exact) mass is 135 g/mol. The van der Waals surface area contributed by atoms with Crippen LogP contribution in [0.1, 0.15) is 20.8 Å². The number of nitrogens with zero attached hydrogens (tertiary/aromatic N) is 1. The average Bonchev–Trinajstić information content (AvgIpc) is 1.82. The maximum absolute atomic E-state index is 3.93. The van der Waals surface area contributed by atoms with Crippen molar-refractivity contribution < 1.29 is 18.9 Å². The molecule has 2 heteroatoms. The molecule has 0 rings (SSSR count). The second-order valence-corrected chi connectivity index (χ2v) is 2.59. The summed E-state index contributed by atoms with van der Waals surface area (Å²) < 4.78 is 0. The molecule has 0 bridgehead atoms. The Balaban J connectivity index is 0. The summed E-state index contributed by atoms with van der Waals surface area (Å²) in [6.45, 7) is 13.9. The van der Waals surface area contributed by atoms with Crippen LogP contribution < -0.4 is 18.9 Å². The fourth-order valence-electron chi connectivity index (χ4n) is 0.923. The van der Waals surface area contributed by atoms with Gasteiger partial charge in [-0.15, -0.1) is 0 Å². The molecule has 1 nitrogen and oxygen atoms in total. The molecule has 0 aromatic carbocycles. The van der Waals surface area contributed by atoms with E-state index >= 15 is 0 Å². The maximum atomic E-state index is 3.93. The molecule has 0 spiro atoms. The van der Waals surface area contributed by atoms with Crippen LogP contribution in [0.4, 0.5) is 0 Å². The molecule has 0 saturated heterocycles. The van der Waals surface area contributed by atoms with E-state index in [-0.39, 0.29) is 18.9 Å². The van der Waals surface area contributed by atoms with Gasteiger partial charge in [0.1, 0.15) is 0 Å². The van der Waals surface area contributed by atoms with Crippen molar-refractivity contribution >= 4 is 0 Å². The van der Waals surface area contributed by atoms with Gasteiger partial charge in [0, 0.05) is 0 Å². The number of hydrogen-bond donors (Lipinski definition) is 0. The Labute approximate surface area is 77.4 Å². The van der Waals surface area contributed by atoms with Crippen molar-refractivity contribution in [2.24, 2.45) is 5.92 Å². The Bertz CT molecular complexity index is 60.3. The molecule has 0 aromatic heterocycles. The second-order valence-electron chi connectivity index (χ2n) is 2.59. The SMILES string of the molecule is [CH2-]C(C)CN(CC)CC.[Li+]. The molecule has 0 amide bonds. The van der Waals surface area contributed by atoms with Gasteiger partial charge in [-0.25, -0.2) is 0 Å². The summed E-state index contributed by atoms with van der Waals surface area (Å²) in [6.07, 6.45) is 0. The second kappa shape index (κ2) is 7.66. The Morgan fingerprint density at radius 2 is 1.70 bits per heavy atom. The molecule has 0 aliphatic heterocycles. The molecule has 0 N–H and O–H groups in total. The summed E-state index contributed by atoms with van der Waals surface area (Å²) in [6, 6.07) is 0. The Morgan fingerprint density at radius 1 is 1.30 bits per heavy atom. The third kappa shape index (κ3) is 6.67. The fraction of sp³-hybridized carbons (Fsp3) is 0.875. The molecule has 0 aromatic rings. The molecule has 56 valence electrons. The van der Waals surface area contributed by atoms with Gasteiger partial charge in [0.25, 0.3) is 0 Å². The van der Waals surface area contributed by atoms with E-state index in [1.807, 2.05) is 0 Å². The van der Waals surface area contributed by atoms with E-state index in [1.54, 1.807) is 0 Å². The topological polar surface area (TPSA) is 3.24 Å². The zero-order chi connectivity index (χ0) is 7.28. The summed E-state index contributed by atoms with van der Waals surface area (Å²) in [5, 5.41) is 0. The van der Waals surface area contributed by atoms with Crippen LogP contribution in [0.2, 0.25) is 0 Å². The zero-order valence-corrected chi connectivity index (χ0v) is 7.85. The van der Waals surface area contributed by atoms with Gasteiger partial charge in [0.2, 0.25) is 0 Å². The smallest absolute Gasteiger partial charge is 0.339 e. The van der Waals surface area contributed by atoms with Gasteiger partial charge in [-0.1, -0.05) is 20.8 Å². The Morgan fingerprint density at radius 3 is 1.80 bits per heavy atom. The summed E-state index contributed by atoms with van der Waals surface area (Å²) in [5.74, 6) is 0.560. The van der Waals surface area contributed by atoms with E-state index in [1.165, 1.54) is 0 Å². The number of rotatable bonds is 4. The zero-order valence-electron chi connectivity index (χ0n) is 7.85. The molecule has 0 aliphatic carbocycles. The third-order valence-corrected chi connectivity index (χ3v) is 1.46. The van der Waals surface area contributed by atoms with Gasteiger partial charge in [-0.3, -0.25) is 0 Å². The van der Waals surface area contributed by atoms with Gasteiger partial charge in [0.15, 0.2) is 0 Å². The molecular formula is C8H18LiN. The molecule has 0 aliphatic rings. The summed E-state index contributed by atoms with van der Waals surface area (Å²) in [4.78, 5) is 2.39. The Kier molecular flexibility index (Phi) is 10.1. The molecule has 0 radical (unpaired) electrons. The van der Waals surface area contributed by atoms with Gasteiger partial charge < -0.3 is 11.8 Å². The summed E-state index contributed by atoms with van der Waals surface area (Å²) in [5.41, 5.74) is 0. The van der Waals surface area contributed by atoms with Crippen molar-refractivity contribution in [2.75, 3.05) is 19.6 Å². The van der Waals surface area contributed by atoms with Crippen molar-refractivity contribution in [1.82, 2.24) is 4.90 Å². The summed E-state index contributed by atoms with van der Waals surface area (Å²) in [7, 11) is 0. The first-order chi connectivity index (χ1) is 4.20. The van der Waals surface area contributed by atoms with Gasteiger partial charge >= 0.3 is 18.9 Å². The van der Waals surface area contributed by atoms with Crippen LogP contribution in [0.25, 0.3) is 0 Å². The Hall–Kier alpha value is 0.557. The van der Waals surface area contributed by atoms with Crippen LogP contribution in [-0.2, 0) is 0 Å². The van der Waals surface area contributed by atoms with E-state index in [0.29, 0.717) is 5.92 Å². The fourth-order valence-corrected chi connectivity index (χ4v) is 0.923. The van der Waals surface area contributed by atoms with E-state index in [0.717, 1.165) is 19.6 Å². The normalized spacial score (nSPS) is 12.9. The summed E-state index contributed by atoms with van der Waals surface area (Å²) >= 11 is 0. The quantitative estimate of drug-likeness (QED) is 0.346. The van der Waals surface area contributed by atoms with Crippen LogP contribution >= 0.6 is 0 Å². The van der Waals surface area contributed by atoms with E-state index in [2.05, 4.69) is 32.6 Å². The van der Waals surface area contributed by atoms with Crippen molar-refractivity contribution in [3.63, 3.8) is 0 Å². The van der Waals surface area contributed by atoms with Crippen LogP contribution in [0.5, 0.6) is 0 Å². The van der Waals surface area contributed by atoms with E-state index < -0.39 is 0 Å². The van der Waals surface area contributed by atoms with Gasteiger partial charge in [0.05, 0.1) is 0 Å². The van der Waals surface area contributed by atoms with Crippen molar-refractivity contribution in [2.45, 2.75) is 20.8 Å². The standard InChI is InChI=1S/C8H18N.Li/c1-5-9(6-2)7-8(3)4;/h8H,3,5-7H2,1-2,4H3;/q-1;+1. The minimum atomic E-state index is 0. The third-order valence-electron chi connectivity index (χ3n) is 1.46. The van der Waals surface area contributed by atoms with Crippen LogP contribution in [0.3, 0.4) is 0 Å². The molecule has 0 heterocycles. The van der Waals surface area contributed by atoms with Crippen LogP contribution in [0.15, 0.2) is 0 Å². The molecule has 0 saturated carbocycles. The maximum Gasteiger partial charge on any atom is 1.00 e. The first kappa shape index (κ1) is 13.2. The molecule has 1 unspecified atom stereocenters. The van der Waals surface area contributed by atoms with Crippen LogP contribution in [0, 0.1) is 12.8 Å². The van der Waals surface area contributed by atoms with Crippen molar-refractivity contribution in [1.29, 1.82) is 0 Å². The first-order valence-corrected chi connectivity index (χ1v) is 3.76. The minimum absolute atomic E-state index is 0. The average molecular weight is 135 g/mol. The van der Waals surface area contributed by atoms with E-state index in [4.69, 9.17) is 0 Å². The van der Waals surface area contributed by atoms with E-state index in [9.17, 15) is 0 Å². The van der Waals surface area contributed by atoms with Crippen molar-refractivity contribution in [3.05, 3.63) is 6.92 Å². The van der Waals surface area contributed by atoms with Crippen LogP contribution in [-0.4, -0.2) is 24.5 Å². The molecular weight excluding hydrogens is 117 g/mol.